The van der Waals surface area contributed by atoms with Gasteiger partial charge in [0.2, 0.25) is 5.82 Å². The second kappa shape index (κ2) is 37.4. The van der Waals surface area contributed by atoms with E-state index in [-0.39, 0.29) is 11.7 Å². The molecule has 0 amide bonds. The van der Waals surface area contributed by atoms with Crippen LogP contribution in [-0.2, 0) is 25.8 Å². The number of nitrogens with zero attached hydrogens (tertiary/aromatic N) is 27. The molecular weight excluding hydrogens is 1450 g/mol. The number of anilines is 9. The lowest BCUT2D eigenvalue weighted by Gasteiger charge is -2.21. The minimum absolute atomic E-state index is 0.0896. The fourth-order valence-electron chi connectivity index (χ4n) is 7.53. The van der Waals surface area contributed by atoms with Gasteiger partial charge in [0.1, 0.15) is 32.1 Å². The lowest BCUT2D eigenvalue weighted by molar-refractivity contribution is -0.159. The van der Waals surface area contributed by atoms with Gasteiger partial charge in [0.15, 0.2) is 40.7 Å². The maximum atomic E-state index is 12.6. The number of alkyl halides is 3. The highest BCUT2D eigenvalue weighted by molar-refractivity contribution is 14.1. The van der Waals surface area contributed by atoms with E-state index in [4.69, 9.17) is 21.9 Å². The Morgan fingerprint density at radius 2 is 0.879 bits per heavy atom. The normalized spacial score (nSPS) is 10.5. The molecule has 0 fully saturated rings. The van der Waals surface area contributed by atoms with E-state index in [2.05, 4.69) is 153 Å². The highest BCUT2D eigenvalue weighted by atomic mass is 127. The maximum Gasteiger partial charge on any atom is 0.471 e. The third-order valence-corrected chi connectivity index (χ3v) is 15.4. The summed E-state index contributed by atoms with van der Waals surface area (Å²) in [6.45, 7) is 1.43. The standard InChI is InChI=1S/C16H10F3N7OS.C14H13N7OS.C14H10N6S.C8H7N5.C4H3IN2.C4H5N3/c17-16(18,19)15-24-14(25-27-15)11-2-1-10(28-11)9-26(12-7-20-3-5-22-12)13-8-21-4-6-23-13;15-14(20-22)11-2-1-10(23-11)9-21(12-7-16-3-5-18-12)13-8-17-4-6-19-13;15-7-11-1-2-12(21-11)10-20(13-8-16-3-5-18-13)14-9-17-4-6-19-14;1-3-11-7(5-9-1)13-8-6-10-2-4-12-8;2*5-4-3-6-1-2-7-4/h1-8H,9H2;1-8,22H,9H2,(H2,15,20);1-6,8-9H,10H2;1-6H,(H,11,12,13);1-3H;1-3H,(H2,5,7). The molecule has 0 saturated heterocycles. The third kappa shape index (κ3) is 22.8. The molecule has 14 aromatic heterocycles. The number of rotatable bonds is 16. The first kappa shape index (κ1) is 70.6. The van der Waals surface area contributed by atoms with Gasteiger partial charge in [-0.2, -0.15) is 23.4 Å². The van der Waals surface area contributed by atoms with E-state index in [0.29, 0.717) is 86.6 Å². The third-order valence-electron chi connectivity index (χ3n) is 11.7. The van der Waals surface area contributed by atoms with Gasteiger partial charge in [0, 0.05) is 139 Å². The summed E-state index contributed by atoms with van der Waals surface area (Å²) < 4.78 is 43.1. The molecule has 99 heavy (non-hydrogen) atoms. The van der Waals surface area contributed by atoms with Crippen LogP contribution in [-0.4, -0.2) is 121 Å². The van der Waals surface area contributed by atoms with Crippen LogP contribution in [0.25, 0.3) is 10.7 Å². The lowest BCUT2D eigenvalue weighted by atomic mass is 10.3. The quantitative estimate of drug-likeness (QED) is 0.0229. The van der Waals surface area contributed by atoms with Crippen molar-refractivity contribution in [1.82, 2.24) is 110 Å². The minimum Gasteiger partial charge on any atom is -0.409 e. The van der Waals surface area contributed by atoms with E-state index in [1.165, 1.54) is 40.2 Å². The summed E-state index contributed by atoms with van der Waals surface area (Å²) in [7, 11) is 0. The van der Waals surface area contributed by atoms with Crippen molar-refractivity contribution >= 4 is 115 Å². The maximum absolute atomic E-state index is 12.6. The van der Waals surface area contributed by atoms with E-state index in [9.17, 15) is 13.2 Å². The second-order valence-corrected chi connectivity index (χ2v) is 23.0. The van der Waals surface area contributed by atoms with Crippen molar-refractivity contribution < 1.29 is 22.9 Å². The Morgan fingerprint density at radius 3 is 1.19 bits per heavy atom. The molecule has 14 rings (SSSR count). The molecule has 0 aromatic carbocycles. The van der Waals surface area contributed by atoms with Crippen molar-refractivity contribution in [1.29, 1.82) is 5.26 Å². The highest BCUT2D eigenvalue weighted by Crippen LogP contribution is 2.34. The van der Waals surface area contributed by atoms with Crippen LogP contribution < -0.4 is 31.5 Å². The van der Waals surface area contributed by atoms with Crippen molar-refractivity contribution in [3.05, 3.63) is 256 Å². The van der Waals surface area contributed by atoms with E-state index in [1.807, 2.05) is 28.0 Å². The van der Waals surface area contributed by atoms with Gasteiger partial charge in [-0.3, -0.25) is 49.8 Å². The monoisotopic (exact) mass is 1500 g/mol. The number of nitriles is 1. The van der Waals surface area contributed by atoms with E-state index < -0.39 is 12.1 Å². The molecule has 0 aliphatic heterocycles. The van der Waals surface area contributed by atoms with Gasteiger partial charge in [-0.1, -0.05) is 10.3 Å². The fraction of sp³-hybridized carbons (Fsp3) is 0.0667. The Bertz CT molecular complexity index is 4460. The van der Waals surface area contributed by atoms with Gasteiger partial charge >= 0.3 is 12.1 Å². The van der Waals surface area contributed by atoms with Crippen molar-refractivity contribution in [2.24, 2.45) is 10.9 Å². The highest BCUT2D eigenvalue weighted by Gasteiger charge is 2.38. The van der Waals surface area contributed by atoms with Gasteiger partial charge in [-0.25, -0.2) is 49.8 Å². The summed E-state index contributed by atoms with van der Waals surface area (Å²) in [6.07, 6.45) is 43.7. The first-order valence-electron chi connectivity index (χ1n) is 28.0. The average Bonchev–Trinajstić information content (AvgIpc) is 1.68. The smallest absolute Gasteiger partial charge is 0.409 e. The molecule has 0 saturated carbocycles. The molecule has 39 heteroatoms. The summed E-state index contributed by atoms with van der Waals surface area (Å²) in [5.41, 5.74) is 10.8. The van der Waals surface area contributed by atoms with Crippen LogP contribution in [0.4, 0.5) is 65.5 Å². The molecule has 32 nitrogen and oxygen atoms in total. The largest absolute Gasteiger partial charge is 0.471 e. The number of hydrogen-bond donors (Lipinski definition) is 4. The van der Waals surface area contributed by atoms with Crippen molar-refractivity contribution in [3.63, 3.8) is 0 Å². The van der Waals surface area contributed by atoms with Gasteiger partial charge in [0.05, 0.1) is 91.4 Å². The summed E-state index contributed by atoms with van der Waals surface area (Å²) in [4.78, 5) is 95.0. The van der Waals surface area contributed by atoms with Crippen LogP contribution in [0.2, 0.25) is 0 Å². The molecule has 0 spiro atoms. The molecule has 14 heterocycles. The Morgan fingerprint density at radius 1 is 0.495 bits per heavy atom. The van der Waals surface area contributed by atoms with E-state index in [0.717, 1.165) is 18.3 Å². The summed E-state index contributed by atoms with van der Waals surface area (Å²) >= 11 is 6.22. The van der Waals surface area contributed by atoms with E-state index in [1.54, 1.807) is 203 Å². The second-order valence-electron chi connectivity index (χ2n) is 18.4. The number of nitrogen functional groups attached to an aromatic ring is 1. The van der Waals surface area contributed by atoms with Crippen molar-refractivity contribution in [3.8, 4) is 16.8 Å². The van der Waals surface area contributed by atoms with Crippen LogP contribution in [0, 0.1) is 15.0 Å². The summed E-state index contributed by atoms with van der Waals surface area (Å²) in [5.74, 6) is 4.16. The summed E-state index contributed by atoms with van der Waals surface area (Å²) in [5, 5.41) is 27.1. The number of amidine groups is 1. The first-order valence-corrected chi connectivity index (χ1v) is 31.6. The molecule has 0 unspecified atom stereocenters. The SMILES string of the molecule is FC(F)(F)c1nc(-c2ccc(CN(c3cnccn3)c3cnccn3)s2)no1.Ic1cnccn1.N#Cc1ccc(CN(c2cnccn2)c2cnccn2)s1.N/C(=N\O)c1ccc(CN(c2cnccn2)c2cnccn2)s1.Nc1cnccn1.c1cnc(Nc2cnccn2)cn1. The fourth-order valence-corrected chi connectivity index (χ4v) is 10.5. The Kier molecular flexibility index (Phi) is 26.7. The number of nitrogens with two attached hydrogens (primary N) is 2. The number of nitrogens with one attached hydrogen (secondary N) is 1. The average molecular weight is 1500 g/mol. The van der Waals surface area contributed by atoms with Crippen LogP contribution in [0.5, 0.6) is 0 Å². The van der Waals surface area contributed by atoms with Crippen LogP contribution in [0.15, 0.2) is 232 Å². The van der Waals surface area contributed by atoms with E-state index >= 15 is 0 Å². The van der Waals surface area contributed by atoms with Crippen LogP contribution in [0.1, 0.15) is 30.3 Å². The topological polar surface area (TPSA) is 427 Å². The van der Waals surface area contributed by atoms with Gasteiger partial charge in [-0.15, -0.1) is 34.0 Å². The first-order chi connectivity index (χ1) is 48.4. The zero-order chi connectivity index (χ0) is 69.3. The zero-order valence-electron chi connectivity index (χ0n) is 50.7. The number of oxime groups is 1. The number of aromatic nitrogens is 22. The molecule has 0 atom stereocenters. The molecule has 0 radical (unpaired) electrons. The number of halogens is 4. The Hall–Kier alpha value is -12.7. The van der Waals surface area contributed by atoms with Crippen LogP contribution in [0.3, 0.4) is 0 Å². The molecule has 6 N–H and O–H groups in total. The molecule has 0 bridgehead atoms. The minimum atomic E-state index is -4.68. The van der Waals surface area contributed by atoms with Gasteiger partial charge < -0.3 is 41.2 Å². The molecule has 0 aliphatic carbocycles. The predicted octanol–water partition coefficient (Wildman–Crippen LogP) is 10.2. The zero-order valence-corrected chi connectivity index (χ0v) is 55.3. The van der Waals surface area contributed by atoms with Crippen molar-refractivity contribution in [2.45, 2.75) is 25.8 Å². The molecule has 0 aliphatic rings. The molecular formula is C60H48F3IN30O2S3. The predicted molar refractivity (Wildman–Crippen MR) is 367 cm³/mol. The lowest BCUT2D eigenvalue weighted by Crippen LogP contribution is -2.18. The molecule has 14 aromatic rings. The van der Waals surface area contributed by atoms with Crippen molar-refractivity contribution in [2.75, 3.05) is 25.8 Å². The number of thiophene rings is 3. The van der Waals surface area contributed by atoms with Gasteiger partial charge in [-0.05, 0) is 59.0 Å². The Balaban J connectivity index is 0.000000147. The molecule has 496 valence electrons. The summed E-state index contributed by atoms with van der Waals surface area (Å²) in [6, 6.07) is 13.0. The van der Waals surface area contributed by atoms with Crippen LogP contribution >= 0.6 is 56.6 Å². The Labute approximate surface area is 584 Å². The van der Waals surface area contributed by atoms with Gasteiger partial charge in [0.25, 0.3) is 0 Å². The number of hydrogen-bond acceptors (Lipinski definition) is 34.